The van der Waals surface area contributed by atoms with Gasteiger partial charge in [0.25, 0.3) is 5.91 Å². The maximum atomic E-state index is 12.3. The van der Waals surface area contributed by atoms with Crippen LogP contribution in [0.5, 0.6) is 0 Å². The lowest BCUT2D eigenvalue weighted by Gasteiger charge is -2.10. The number of benzene rings is 1. The number of aryl methyl sites for hydroxylation is 1. The number of hydrogen-bond donors (Lipinski definition) is 1. The Kier molecular flexibility index (Phi) is 3.73. The van der Waals surface area contributed by atoms with Gasteiger partial charge in [-0.25, -0.2) is 13.1 Å². The van der Waals surface area contributed by atoms with E-state index in [9.17, 15) is 13.2 Å². The van der Waals surface area contributed by atoms with E-state index < -0.39 is 21.2 Å². The van der Waals surface area contributed by atoms with E-state index in [4.69, 9.17) is 4.74 Å². The van der Waals surface area contributed by atoms with Gasteiger partial charge in [0.2, 0.25) is 10.0 Å². The van der Waals surface area contributed by atoms with Crippen LogP contribution in [0.4, 0.5) is 0 Å². The highest BCUT2D eigenvalue weighted by Gasteiger charge is 2.31. The molecule has 2 heterocycles. The molecule has 21 heavy (non-hydrogen) atoms. The van der Waals surface area contributed by atoms with Crippen LogP contribution in [0.15, 0.2) is 23.6 Å². The van der Waals surface area contributed by atoms with E-state index in [0.717, 1.165) is 15.6 Å². The monoisotopic (exact) mass is 325 g/mol. The SMILES string of the molecule is Cc1ccc2c(C(=O)NS(=O)(=O)[C@H]3CCOC3)csc2c1. The van der Waals surface area contributed by atoms with Gasteiger partial charge in [0.05, 0.1) is 12.2 Å². The van der Waals surface area contributed by atoms with Crippen LogP contribution >= 0.6 is 11.3 Å². The molecule has 1 amide bonds. The first-order valence-corrected chi connectivity index (χ1v) is 9.01. The van der Waals surface area contributed by atoms with E-state index in [1.165, 1.54) is 11.3 Å². The number of sulfonamides is 1. The van der Waals surface area contributed by atoms with Gasteiger partial charge in [0, 0.05) is 22.1 Å². The number of carbonyl (C=O) groups excluding carboxylic acids is 1. The molecule has 5 nitrogen and oxygen atoms in total. The van der Waals surface area contributed by atoms with E-state index in [2.05, 4.69) is 4.72 Å². The lowest BCUT2D eigenvalue weighted by Crippen LogP contribution is -2.38. The second-order valence-corrected chi connectivity index (χ2v) is 7.98. The summed E-state index contributed by atoms with van der Waals surface area (Å²) in [6, 6.07) is 5.74. The molecule has 112 valence electrons. The van der Waals surface area contributed by atoms with Crippen LogP contribution < -0.4 is 4.72 Å². The maximum Gasteiger partial charge on any atom is 0.266 e. The average molecular weight is 325 g/mol. The normalized spacial score (nSPS) is 19.0. The highest BCUT2D eigenvalue weighted by molar-refractivity contribution is 7.90. The minimum Gasteiger partial charge on any atom is -0.380 e. The fourth-order valence-electron chi connectivity index (χ4n) is 2.34. The fraction of sp³-hybridized carbons (Fsp3) is 0.357. The van der Waals surface area contributed by atoms with Crippen molar-refractivity contribution >= 4 is 37.4 Å². The first kappa shape index (κ1) is 14.5. The van der Waals surface area contributed by atoms with E-state index >= 15 is 0 Å². The first-order chi connectivity index (χ1) is 9.97. The first-order valence-electron chi connectivity index (χ1n) is 6.59. The van der Waals surface area contributed by atoms with Crippen LogP contribution in [0.2, 0.25) is 0 Å². The molecule has 0 unspecified atom stereocenters. The topological polar surface area (TPSA) is 72.5 Å². The number of hydrogen-bond acceptors (Lipinski definition) is 5. The summed E-state index contributed by atoms with van der Waals surface area (Å²) in [6.45, 7) is 2.54. The maximum absolute atomic E-state index is 12.3. The summed E-state index contributed by atoms with van der Waals surface area (Å²) in [6.07, 6.45) is 0.423. The van der Waals surface area contributed by atoms with Gasteiger partial charge in [-0.1, -0.05) is 12.1 Å². The molecule has 0 saturated carbocycles. The Hall–Kier alpha value is -1.44. The van der Waals surface area contributed by atoms with Crippen molar-refractivity contribution < 1.29 is 17.9 Å². The molecule has 0 bridgehead atoms. The second kappa shape index (κ2) is 5.40. The van der Waals surface area contributed by atoms with Crippen molar-refractivity contribution in [2.24, 2.45) is 0 Å². The quantitative estimate of drug-likeness (QED) is 0.937. The Morgan fingerprint density at radius 1 is 1.43 bits per heavy atom. The van der Waals surface area contributed by atoms with Crippen molar-refractivity contribution in [2.75, 3.05) is 13.2 Å². The average Bonchev–Trinajstić information content (AvgIpc) is 3.07. The molecule has 0 radical (unpaired) electrons. The molecule has 0 spiro atoms. The Morgan fingerprint density at radius 3 is 2.95 bits per heavy atom. The molecule has 1 saturated heterocycles. The molecule has 1 aromatic heterocycles. The number of thiophene rings is 1. The number of amides is 1. The fourth-order valence-corrected chi connectivity index (χ4v) is 4.59. The molecule has 1 atom stereocenters. The Bertz CT molecular complexity index is 788. The predicted molar refractivity (Wildman–Crippen MR) is 82.2 cm³/mol. The summed E-state index contributed by atoms with van der Waals surface area (Å²) in [5.74, 6) is -0.572. The molecule has 1 N–H and O–H groups in total. The Labute approximate surface area is 127 Å². The van der Waals surface area contributed by atoms with Crippen LogP contribution in [-0.2, 0) is 14.8 Å². The zero-order chi connectivity index (χ0) is 15.0. The van der Waals surface area contributed by atoms with Crippen molar-refractivity contribution in [3.63, 3.8) is 0 Å². The summed E-state index contributed by atoms with van der Waals surface area (Å²) in [5, 5.41) is 1.83. The third-order valence-electron chi connectivity index (χ3n) is 3.54. The second-order valence-electron chi connectivity index (χ2n) is 5.11. The third-order valence-corrected chi connectivity index (χ3v) is 6.20. The van der Waals surface area contributed by atoms with Crippen LogP contribution in [0.1, 0.15) is 22.3 Å². The van der Waals surface area contributed by atoms with Crippen molar-refractivity contribution in [1.82, 2.24) is 4.72 Å². The van der Waals surface area contributed by atoms with Gasteiger partial charge in [-0.3, -0.25) is 4.79 Å². The zero-order valence-electron chi connectivity index (χ0n) is 11.5. The molecule has 3 rings (SSSR count). The standard InChI is InChI=1S/C14H15NO4S2/c1-9-2-3-11-12(8-20-13(11)6-9)14(16)15-21(17,18)10-4-5-19-7-10/h2-3,6,8,10H,4-5,7H2,1H3,(H,15,16)/t10-/m0/s1. The van der Waals surface area contributed by atoms with E-state index in [0.29, 0.717) is 18.6 Å². The molecular formula is C14H15NO4S2. The number of ether oxygens (including phenoxy) is 1. The molecule has 1 fully saturated rings. The van der Waals surface area contributed by atoms with Gasteiger partial charge in [-0.05, 0) is 25.0 Å². The number of carbonyl (C=O) groups is 1. The molecule has 7 heteroatoms. The predicted octanol–water partition coefficient (Wildman–Crippen LogP) is 2.06. The summed E-state index contributed by atoms with van der Waals surface area (Å²) in [7, 11) is -3.68. The van der Waals surface area contributed by atoms with Crippen molar-refractivity contribution in [2.45, 2.75) is 18.6 Å². The minimum atomic E-state index is -3.68. The van der Waals surface area contributed by atoms with Crippen LogP contribution in [-0.4, -0.2) is 32.8 Å². The van der Waals surface area contributed by atoms with E-state index in [-0.39, 0.29) is 6.61 Å². The molecule has 0 aliphatic carbocycles. The highest BCUT2D eigenvalue weighted by atomic mass is 32.2. The summed E-state index contributed by atoms with van der Waals surface area (Å²) in [5.41, 5.74) is 1.50. The lowest BCUT2D eigenvalue weighted by molar-refractivity contribution is 0.0983. The highest BCUT2D eigenvalue weighted by Crippen LogP contribution is 2.27. The Balaban J connectivity index is 1.87. The minimum absolute atomic E-state index is 0.145. The molecular weight excluding hydrogens is 310 g/mol. The Morgan fingerprint density at radius 2 is 2.24 bits per heavy atom. The summed E-state index contributed by atoms with van der Waals surface area (Å²) < 4.78 is 32.5. The van der Waals surface area contributed by atoms with Gasteiger partial charge in [-0.2, -0.15) is 0 Å². The third kappa shape index (κ3) is 2.81. The summed E-state index contributed by atoms with van der Waals surface area (Å²) in [4.78, 5) is 12.3. The van der Waals surface area contributed by atoms with Gasteiger partial charge in [0.15, 0.2) is 0 Å². The summed E-state index contributed by atoms with van der Waals surface area (Å²) >= 11 is 1.43. The van der Waals surface area contributed by atoms with Crippen LogP contribution in [0.3, 0.4) is 0 Å². The molecule has 1 aliphatic heterocycles. The van der Waals surface area contributed by atoms with Crippen molar-refractivity contribution in [3.8, 4) is 0 Å². The van der Waals surface area contributed by atoms with Gasteiger partial charge < -0.3 is 4.74 Å². The van der Waals surface area contributed by atoms with E-state index in [1.54, 1.807) is 5.38 Å². The van der Waals surface area contributed by atoms with Gasteiger partial charge in [-0.15, -0.1) is 11.3 Å². The zero-order valence-corrected chi connectivity index (χ0v) is 13.1. The van der Waals surface area contributed by atoms with Gasteiger partial charge in [0.1, 0.15) is 5.25 Å². The number of fused-ring (bicyclic) bond motifs is 1. The molecule has 2 aromatic rings. The van der Waals surface area contributed by atoms with Crippen molar-refractivity contribution in [3.05, 3.63) is 34.7 Å². The van der Waals surface area contributed by atoms with Crippen molar-refractivity contribution in [1.29, 1.82) is 0 Å². The van der Waals surface area contributed by atoms with E-state index in [1.807, 2.05) is 25.1 Å². The van der Waals surface area contributed by atoms with Crippen LogP contribution in [0.25, 0.3) is 10.1 Å². The van der Waals surface area contributed by atoms with Gasteiger partial charge >= 0.3 is 0 Å². The lowest BCUT2D eigenvalue weighted by atomic mass is 10.1. The smallest absolute Gasteiger partial charge is 0.266 e. The number of rotatable bonds is 3. The molecule has 1 aromatic carbocycles. The largest absolute Gasteiger partial charge is 0.380 e. The molecule has 1 aliphatic rings. The van der Waals surface area contributed by atoms with Crippen LogP contribution in [0, 0.1) is 6.92 Å². The number of nitrogens with one attached hydrogen (secondary N) is 1.